The molecule has 0 spiro atoms. The molecular weight excluding hydrogens is 436 g/mol. The van der Waals surface area contributed by atoms with Crippen molar-refractivity contribution in [2.75, 3.05) is 19.5 Å². The lowest BCUT2D eigenvalue weighted by atomic mass is 10.2. The molecule has 0 aromatic carbocycles. The van der Waals surface area contributed by atoms with Crippen LogP contribution in [0.25, 0.3) is 0 Å². The summed E-state index contributed by atoms with van der Waals surface area (Å²) in [5, 5.41) is 9.74. The van der Waals surface area contributed by atoms with Gasteiger partial charge in [-0.1, -0.05) is 55.4 Å². The Morgan fingerprint density at radius 3 is 1.43 bits per heavy atom. The van der Waals surface area contributed by atoms with E-state index in [1.807, 2.05) is 13.8 Å². The minimum atomic E-state index is -3.40. The third-order valence-corrected chi connectivity index (χ3v) is 15.7. The molecule has 1 N–H and O–H groups in total. The van der Waals surface area contributed by atoms with Crippen molar-refractivity contribution in [3.8, 4) is 0 Å². The third-order valence-electron chi connectivity index (χ3n) is 6.12. The molecule has 0 radical (unpaired) electrons. The van der Waals surface area contributed by atoms with Crippen LogP contribution in [0.1, 0.15) is 68.2 Å². The lowest BCUT2D eigenvalue weighted by Gasteiger charge is -2.37. The van der Waals surface area contributed by atoms with Gasteiger partial charge in [-0.25, -0.2) is 0 Å². The van der Waals surface area contributed by atoms with Crippen LogP contribution in [0.3, 0.4) is 0 Å². The van der Waals surface area contributed by atoms with Crippen LogP contribution in [0.2, 0.25) is 36.3 Å². The fourth-order valence-electron chi connectivity index (χ4n) is 1.62. The van der Waals surface area contributed by atoms with Gasteiger partial charge in [0.2, 0.25) is 0 Å². The van der Waals surface area contributed by atoms with E-state index in [0.29, 0.717) is 19.6 Å². The maximum Gasteiger partial charge on any atom is 0.264 e. The van der Waals surface area contributed by atoms with Gasteiger partial charge in [-0.2, -0.15) is 8.42 Å². The zero-order valence-electron chi connectivity index (χ0n) is 21.9. The second-order valence-electron chi connectivity index (χ2n) is 11.0. The van der Waals surface area contributed by atoms with E-state index in [4.69, 9.17) is 13.0 Å². The van der Waals surface area contributed by atoms with Gasteiger partial charge in [0.25, 0.3) is 10.1 Å². The summed E-state index contributed by atoms with van der Waals surface area (Å²) in [4.78, 5) is 0. The van der Waals surface area contributed by atoms with E-state index in [1.54, 1.807) is 0 Å². The minimum absolute atomic E-state index is 0.121. The molecular formula is C21H50O6SSi2. The van der Waals surface area contributed by atoms with Crippen LogP contribution >= 0.6 is 0 Å². The summed E-state index contributed by atoms with van der Waals surface area (Å²) in [6, 6.07) is 0. The van der Waals surface area contributed by atoms with E-state index in [-0.39, 0.29) is 22.3 Å². The van der Waals surface area contributed by atoms with Gasteiger partial charge in [0.15, 0.2) is 16.6 Å². The molecule has 0 aromatic rings. The Balaban J connectivity index is 0. The summed E-state index contributed by atoms with van der Waals surface area (Å²) < 4.78 is 38.9. The summed E-state index contributed by atoms with van der Waals surface area (Å²) >= 11 is 0. The van der Waals surface area contributed by atoms with E-state index in [1.165, 1.54) is 0 Å². The highest BCUT2D eigenvalue weighted by Gasteiger charge is 2.38. The first kappa shape index (κ1) is 32.4. The van der Waals surface area contributed by atoms with Gasteiger partial charge in [0.05, 0.1) is 31.7 Å². The number of rotatable bonds is 10. The molecule has 30 heavy (non-hydrogen) atoms. The van der Waals surface area contributed by atoms with Crippen molar-refractivity contribution in [3.05, 3.63) is 0 Å². The van der Waals surface area contributed by atoms with Gasteiger partial charge in [-0.05, 0) is 49.1 Å². The minimum Gasteiger partial charge on any atom is -0.414 e. The summed E-state index contributed by atoms with van der Waals surface area (Å²) in [6.45, 7) is 26.5. The van der Waals surface area contributed by atoms with E-state index in [0.717, 1.165) is 12.7 Å². The molecule has 0 saturated heterocycles. The first-order valence-electron chi connectivity index (χ1n) is 10.9. The largest absolute Gasteiger partial charge is 0.414 e. The Bertz CT molecular complexity index is 577. The summed E-state index contributed by atoms with van der Waals surface area (Å²) in [5.41, 5.74) is 0. The highest BCUT2D eigenvalue weighted by molar-refractivity contribution is 7.86. The molecule has 0 aliphatic heterocycles. The average molecular weight is 487 g/mol. The maximum absolute atomic E-state index is 11.1. The molecule has 0 saturated carbocycles. The van der Waals surface area contributed by atoms with Crippen LogP contribution in [-0.2, 0) is 23.2 Å². The molecule has 0 unspecified atom stereocenters. The van der Waals surface area contributed by atoms with Gasteiger partial charge < -0.3 is 14.0 Å². The van der Waals surface area contributed by atoms with Crippen LogP contribution in [0, 0.1) is 0 Å². The van der Waals surface area contributed by atoms with Crippen molar-refractivity contribution in [2.24, 2.45) is 0 Å². The van der Waals surface area contributed by atoms with E-state index in [2.05, 4.69) is 67.7 Å². The highest BCUT2D eigenvalue weighted by atomic mass is 32.2. The van der Waals surface area contributed by atoms with Crippen LogP contribution in [0.4, 0.5) is 0 Å². The van der Waals surface area contributed by atoms with Gasteiger partial charge >= 0.3 is 0 Å². The molecule has 6 nitrogen and oxygen atoms in total. The first-order chi connectivity index (χ1) is 13.1. The lowest BCUT2D eigenvalue weighted by Crippen LogP contribution is -2.43. The predicted molar refractivity (Wildman–Crippen MR) is 133 cm³/mol. The van der Waals surface area contributed by atoms with Crippen LogP contribution in [-0.4, -0.2) is 61.8 Å². The van der Waals surface area contributed by atoms with Crippen molar-refractivity contribution < 1.29 is 26.6 Å². The standard InChI is InChI=1S/C11H26O4SSi.C10H24O2Si/c1-8-10(15-16(5,12)13)9-14-17(6,7)11(2,3)4;1-7-9(11)8-12-13(5,6)10(2,3)4/h10H,8-9H2,1-7H3;9,11H,7-8H2,1-6H3/t10-;9-/m11/s1. The zero-order chi connectivity index (χ0) is 24.6. The van der Waals surface area contributed by atoms with Gasteiger partial charge in [-0.15, -0.1) is 0 Å². The van der Waals surface area contributed by atoms with Crippen molar-refractivity contribution in [2.45, 2.75) is 117 Å². The molecule has 0 rings (SSSR count). The van der Waals surface area contributed by atoms with Gasteiger partial charge in [0.1, 0.15) is 0 Å². The van der Waals surface area contributed by atoms with E-state index in [9.17, 15) is 13.5 Å². The smallest absolute Gasteiger partial charge is 0.264 e. The Hall–Kier alpha value is 0.224. The maximum atomic E-state index is 11.1. The monoisotopic (exact) mass is 486 g/mol. The molecule has 0 amide bonds. The van der Waals surface area contributed by atoms with Crippen molar-refractivity contribution in [1.29, 1.82) is 0 Å². The quantitative estimate of drug-likeness (QED) is 0.322. The summed E-state index contributed by atoms with van der Waals surface area (Å²) in [6.07, 6.45) is 1.80. The molecule has 2 atom stereocenters. The number of hydrogen-bond donors (Lipinski definition) is 1. The fourth-order valence-corrected chi connectivity index (χ4v) is 4.38. The molecule has 9 heteroatoms. The number of hydrogen-bond acceptors (Lipinski definition) is 6. The van der Waals surface area contributed by atoms with Crippen molar-refractivity contribution in [3.63, 3.8) is 0 Å². The first-order valence-corrected chi connectivity index (χ1v) is 18.6. The van der Waals surface area contributed by atoms with Crippen LogP contribution in [0.5, 0.6) is 0 Å². The molecule has 184 valence electrons. The Labute approximate surface area is 189 Å². The topological polar surface area (TPSA) is 82.1 Å². The molecule has 0 aliphatic carbocycles. The fraction of sp³-hybridized carbons (Fsp3) is 1.00. The summed E-state index contributed by atoms with van der Waals surface area (Å²) in [5.74, 6) is 0. The molecule has 0 heterocycles. The van der Waals surface area contributed by atoms with E-state index < -0.39 is 26.8 Å². The molecule has 0 aliphatic rings. The van der Waals surface area contributed by atoms with Crippen molar-refractivity contribution in [1.82, 2.24) is 0 Å². The molecule has 0 aromatic heterocycles. The Kier molecular flexibility index (Phi) is 13.5. The number of aliphatic hydroxyl groups is 1. The van der Waals surface area contributed by atoms with Crippen molar-refractivity contribution >= 4 is 26.8 Å². The third kappa shape index (κ3) is 13.6. The highest BCUT2D eigenvalue weighted by Crippen LogP contribution is 2.37. The van der Waals surface area contributed by atoms with Gasteiger partial charge in [0, 0.05) is 0 Å². The van der Waals surface area contributed by atoms with Crippen LogP contribution in [0.15, 0.2) is 0 Å². The summed E-state index contributed by atoms with van der Waals surface area (Å²) in [7, 11) is -6.88. The second kappa shape index (κ2) is 12.5. The van der Waals surface area contributed by atoms with E-state index >= 15 is 0 Å². The van der Waals surface area contributed by atoms with Crippen LogP contribution < -0.4 is 0 Å². The SMILES string of the molecule is CC[C@@H](O)CO[Si](C)(C)C(C)(C)C.CC[C@H](CO[Si](C)(C)C(C)(C)C)OS(C)(=O)=O. The van der Waals surface area contributed by atoms with Gasteiger partial charge in [-0.3, -0.25) is 4.18 Å². The Morgan fingerprint density at radius 1 is 0.800 bits per heavy atom. The predicted octanol–water partition coefficient (Wildman–Crippen LogP) is 5.54. The zero-order valence-corrected chi connectivity index (χ0v) is 24.7. The second-order valence-corrected chi connectivity index (χ2v) is 22.3. The average Bonchev–Trinajstić information content (AvgIpc) is 2.54. The normalized spacial score (nSPS) is 15.9. The molecule has 0 bridgehead atoms. The molecule has 0 fully saturated rings. The lowest BCUT2D eigenvalue weighted by molar-refractivity contribution is 0.0969. The Morgan fingerprint density at radius 2 is 1.17 bits per heavy atom. The number of aliphatic hydroxyl groups excluding tert-OH is 1.